The summed E-state index contributed by atoms with van der Waals surface area (Å²) in [6, 6.07) is 0. The van der Waals surface area contributed by atoms with E-state index in [4.69, 9.17) is 0 Å². The van der Waals surface area contributed by atoms with Gasteiger partial charge < -0.3 is 0 Å². The molecule has 0 aliphatic carbocycles. The maximum absolute atomic E-state index is 4.39. The Kier molecular flexibility index (Phi) is 5.33. The molecule has 0 fully saturated rings. The van der Waals surface area contributed by atoms with Crippen LogP contribution < -0.4 is 0 Å². The van der Waals surface area contributed by atoms with E-state index in [1.165, 1.54) is 29.4 Å². The third kappa shape index (κ3) is 3.59. The predicted octanol–water partition coefficient (Wildman–Crippen LogP) is 3.99. The first-order valence-corrected chi connectivity index (χ1v) is 7.09. The summed E-state index contributed by atoms with van der Waals surface area (Å²) in [5, 5.41) is 4.39. The molecular weight excluding hydrogens is 320 g/mol. The number of alkyl halides is 1. The molecule has 0 saturated heterocycles. The smallest absolute Gasteiger partial charge is 0.0738 e. The van der Waals surface area contributed by atoms with Gasteiger partial charge in [-0.2, -0.15) is 5.10 Å². The lowest BCUT2D eigenvalue weighted by molar-refractivity contribution is 0.644. The summed E-state index contributed by atoms with van der Waals surface area (Å²) in [6.07, 6.45) is 4.73. The van der Waals surface area contributed by atoms with E-state index < -0.39 is 0 Å². The van der Waals surface area contributed by atoms with E-state index >= 15 is 0 Å². The van der Waals surface area contributed by atoms with Gasteiger partial charge in [-0.25, -0.2) is 0 Å². The third-order valence-corrected chi connectivity index (χ3v) is 4.51. The van der Waals surface area contributed by atoms with Crippen LogP contribution in [0.2, 0.25) is 0 Å². The Balaban J connectivity index is 2.57. The molecule has 0 aliphatic rings. The molecular formula is C11H18Br2N2. The Labute approximate surface area is 109 Å². The third-order valence-electron chi connectivity index (χ3n) is 2.56. The summed E-state index contributed by atoms with van der Waals surface area (Å²) < 4.78 is 3.15. The molecule has 1 aromatic heterocycles. The molecule has 0 aromatic carbocycles. The van der Waals surface area contributed by atoms with E-state index in [0.717, 1.165) is 12.1 Å². The zero-order valence-electron chi connectivity index (χ0n) is 9.56. The minimum Gasteiger partial charge on any atom is -0.271 e. The zero-order valence-corrected chi connectivity index (χ0v) is 12.7. The molecule has 1 heterocycles. The highest BCUT2D eigenvalue weighted by molar-refractivity contribution is 9.10. The van der Waals surface area contributed by atoms with Crippen LogP contribution in [0.3, 0.4) is 0 Å². The maximum atomic E-state index is 4.39. The van der Waals surface area contributed by atoms with Gasteiger partial charge in [0, 0.05) is 11.9 Å². The van der Waals surface area contributed by atoms with Crippen LogP contribution in [0.1, 0.15) is 37.6 Å². The van der Waals surface area contributed by atoms with E-state index in [1.54, 1.807) is 0 Å². The molecule has 0 aliphatic heterocycles. The minimum absolute atomic E-state index is 0.629. The van der Waals surface area contributed by atoms with Crippen molar-refractivity contribution in [2.45, 2.75) is 44.4 Å². The Morgan fingerprint density at radius 3 is 2.53 bits per heavy atom. The Hall–Kier alpha value is 0.170. The van der Waals surface area contributed by atoms with Gasteiger partial charge in [0.2, 0.25) is 0 Å². The molecule has 0 amide bonds. The molecule has 1 aromatic rings. The van der Waals surface area contributed by atoms with E-state index in [2.05, 4.69) is 43.9 Å². The quantitative estimate of drug-likeness (QED) is 0.743. The van der Waals surface area contributed by atoms with E-state index in [9.17, 15) is 0 Å². The Morgan fingerprint density at radius 2 is 2.07 bits per heavy atom. The van der Waals surface area contributed by atoms with Gasteiger partial charge in [0.05, 0.1) is 15.9 Å². The van der Waals surface area contributed by atoms with Crippen molar-refractivity contribution in [3.63, 3.8) is 0 Å². The van der Waals surface area contributed by atoms with Crippen LogP contribution in [0, 0.1) is 6.92 Å². The van der Waals surface area contributed by atoms with E-state index in [1.807, 2.05) is 18.7 Å². The van der Waals surface area contributed by atoms with E-state index in [0.29, 0.717) is 4.83 Å². The highest BCUT2D eigenvalue weighted by Crippen LogP contribution is 2.23. The standard InChI is InChI=1S/C11H18Br2N2/c1-4-5-9(12)6-7-10-11(13)8(2)14-15(10)3/h9H,4-7H2,1-3H3. The average Bonchev–Trinajstić information content (AvgIpc) is 2.40. The molecule has 0 N–H and O–H groups in total. The first kappa shape index (κ1) is 13.2. The lowest BCUT2D eigenvalue weighted by Gasteiger charge is -2.08. The van der Waals surface area contributed by atoms with Crippen LogP contribution in [-0.2, 0) is 13.5 Å². The molecule has 2 nitrogen and oxygen atoms in total. The van der Waals surface area contributed by atoms with Gasteiger partial charge >= 0.3 is 0 Å². The molecule has 4 heteroatoms. The van der Waals surface area contributed by atoms with Gasteiger partial charge in [0.15, 0.2) is 0 Å². The van der Waals surface area contributed by atoms with Crippen LogP contribution in [0.25, 0.3) is 0 Å². The van der Waals surface area contributed by atoms with Crippen molar-refractivity contribution in [3.05, 3.63) is 15.9 Å². The summed E-state index contributed by atoms with van der Waals surface area (Å²) >= 11 is 7.30. The monoisotopic (exact) mass is 336 g/mol. The lowest BCUT2D eigenvalue weighted by Crippen LogP contribution is -2.04. The van der Waals surface area contributed by atoms with Gasteiger partial charge in [-0.05, 0) is 42.1 Å². The Morgan fingerprint density at radius 1 is 1.40 bits per heavy atom. The fraction of sp³-hybridized carbons (Fsp3) is 0.727. The molecule has 0 saturated carbocycles. The second-order valence-corrected chi connectivity index (χ2v) is 5.98. The van der Waals surface area contributed by atoms with Crippen LogP contribution in [0.4, 0.5) is 0 Å². The first-order chi connectivity index (χ1) is 7.06. The number of aryl methyl sites for hydroxylation is 2. The van der Waals surface area contributed by atoms with Crippen molar-refractivity contribution in [2.75, 3.05) is 0 Å². The van der Waals surface area contributed by atoms with Crippen molar-refractivity contribution >= 4 is 31.9 Å². The average molecular weight is 338 g/mol. The summed E-state index contributed by atoms with van der Waals surface area (Å²) in [7, 11) is 2.01. The molecule has 1 rings (SSSR count). The molecule has 86 valence electrons. The molecule has 0 radical (unpaired) electrons. The van der Waals surface area contributed by atoms with Gasteiger partial charge in [-0.1, -0.05) is 29.3 Å². The van der Waals surface area contributed by atoms with Crippen molar-refractivity contribution in [1.82, 2.24) is 9.78 Å². The second kappa shape index (κ2) is 6.04. The predicted molar refractivity (Wildman–Crippen MR) is 71.6 cm³/mol. The first-order valence-electron chi connectivity index (χ1n) is 5.38. The topological polar surface area (TPSA) is 17.8 Å². The molecule has 1 unspecified atom stereocenters. The second-order valence-electron chi connectivity index (χ2n) is 3.89. The van der Waals surface area contributed by atoms with Crippen LogP contribution in [0.5, 0.6) is 0 Å². The lowest BCUT2D eigenvalue weighted by atomic mass is 10.1. The highest BCUT2D eigenvalue weighted by Gasteiger charge is 2.12. The van der Waals surface area contributed by atoms with Crippen LogP contribution in [0.15, 0.2) is 4.47 Å². The van der Waals surface area contributed by atoms with Crippen LogP contribution in [-0.4, -0.2) is 14.6 Å². The van der Waals surface area contributed by atoms with Gasteiger partial charge in [0.25, 0.3) is 0 Å². The van der Waals surface area contributed by atoms with Crippen molar-refractivity contribution in [1.29, 1.82) is 0 Å². The number of nitrogens with zero attached hydrogens (tertiary/aromatic N) is 2. The number of aromatic nitrogens is 2. The largest absolute Gasteiger partial charge is 0.271 e. The summed E-state index contributed by atoms with van der Waals surface area (Å²) in [6.45, 7) is 4.25. The zero-order chi connectivity index (χ0) is 11.4. The minimum atomic E-state index is 0.629. The van der Waals surface area contributed by atoms with E-state index in [-0.39, 0.29) is 0 Å². The SMILES string of the molecule is CCCC(Br)CCc1c(Br)c(C)nn1C. The fourth-order valence-corrected chi connectivity index (χ4v) is 2.92. The van der Waals surface area contributed by atoms with Crippen molar-refractivity contribution in [2.24, 2.45) is 7.05 Å². The molecule has 0 bridgehead atoms. The van der Waals surface area contributed by atoms with Gasteiger partial charge in [0.1, 0.15) is 0 Å². The molecule has 0 spiro atoms. The van der Waals surface area contributed by atoms with Crippen LogP contribution >= 0.6 is 31.9 Å². The van der Waals surface area contributed by atoms with Crippen molar-refractivity contribution < 1.29 is 0 Å². The highest BCUT2D eigenvalue weighted by atomic mass is 79.9. The maximum Gasteiger partial charge on any atom is 0.0738 e. The van der Waals surface area contributed by atoms with Gasteiger partial charge in [-0.15, -0.1) is 0 Å². The fourth-order valence-electron chi connectivity index (χ4n) is 1.70. The molecule has 15 heavy (non-hydrogen) atoms. The number of hydrogen-bond donors (Lipinski definition) is 0. The van der Waals surface area contributed by atoms with Crippen molar-refractivity contribution in [3.8, 4) is 0 Å². The van der Waals surface area contributed by atoms with Gasteiger partial charge in [-0.3, -0.25) is 4.68 Å². The molecule has 1 atom stereocenters. The summed E-state index contributed by atoms with van der Waals surface area (Å²) in [5.41, 5.74) is 2.38. The number of rotatable bonds is 5. The summed E-state index contributed by atoms with van der Waals surface area (Å²) in [5.74, 6) is 0. The normalized spacial score (nSPS) is 13.1. The summed E-state index contributed by atoms with van der Waals surface area (Å²) in [4.78, 5) is 0.629. The number of hydrogen-bond acceptors (Lipinski definition) is 1. The number of halogens is 2. The Bertz CT molecular complexity index is 321.